The van der Waals surface area contributed by atoms with Crippen molar-refractivity contribution >= 4 is 44.7 Å². The van der Waals surface area contributed by atoms with E-state index in [4.69, 9.17) is 10.5 Å². The zero-order valence-corrected chi connectivity index (χ0v) is 15.4. The minimum absolute atomic E-state index is 0.125. The van der Waals surface area contributed by atoms with Crippen molar-refractivity contribution in [3.8, 4) is 11.6 Å². The van der Waals surface area contributed by atoms with Crippen LogP contribution in [0.15, 0.2) is 59.3 Å². The van der Waals surface area contributed by atoms with Crippen LogP contribution in [-0.2, 0) is 4.79 Å². The van der Waals surface area contributed by atoms with Crippen LogP contribution in [0.5, 0.6) is 11.6 Å². The summed E-state index contributed by atoms with van der Waals surface area (Å²) in [6.07, 6.45) is 1.37. The third-order valence-corrected chi connectivity index (χ3v) is 3.87. The number of anilines is 4. The van der Waals surface area contributed by atoms with Crippen LogP contribution in [0.3, 0.4) is 0 Å². The van der Waals surface area contributed by atoms with E-state index in [0.717, 1.165) is 10.2 Å². The topological polar surface area (TPSA) is 102 Å². The number of hydrogen-bond acceptors (Lipinski definition) is 6. The van der Waals surface area contributed by atoms with Gasteiger partial charge in [0, 0.05) is 22.8 Å². The third kappa shape index (κ3) is 4.48. The Balaban J connectivity index is 1.76. The maximum Gasteiger partial charge on any atom is 0.248 e. The first-order valence-corrected chi connectivity index (χ1v) is 8.49. The number of nitrogens with two attached hydrogens (primary N) is 1. The van der Waals surface area contributed by atoms with Crippen LogP contribution < -0.4 is 21.1 Å². The maximum atomic E-state index is 11.1. The summed E-state index contributed by atoms with van der Waals surface area (Å²) < 4.78 is 6.67. The Morgan fingerprint density at radius 1 is 1.04 bits per heavy atom. The first kappa shape index (κ1) is 17.7. The van der Waals surface area contributed by atoms with E-state index in [1.165, 1.54) is 13.3 Å². The minimum Gasteiger partial charge on any atom is -0.437 e. The van der Waals surface area contributed by atoms with Gasteiger partial charge < -0.3 is 21.1 Å². The Morgan fingerprint density at radius 3 is 2.35 bits per heavy atom. The van der Waals surface area contributed by atoms with E-state index in [1.54, 1.807) is 24.3 Å². The monoisotopic (exact) mass is 413 g/mol. The highest BCUT2D eigenvalue weighted by Gasteiger charge is 2.11. The highest BCUT2D eigenvalue weighted by atomic mass is 79.9. The minimum atomic E-state index is -0.125. The van der Waals surface area contributed by atoms with Gasteiger partial charge in [0.15, 0.2) is 5.82 Å². The fraction of sp³-hybridized carbons (Fsp3) is 0.0556. The van der Waals surface area contributed by atoms with Crippen molar-refractivity contribution in [3.63, 3.8) is 0 Å². The zero-order valence-electron chi connectivity index (χ0n) is 13.9. The average molecular weight is 414 g/mol. The number of amides is 1. The van der Waals surface area contributed by atoms with Crippen molar-refractivity contribution in [1.82, 2.24) is 9.97 Å². The van der Waals surface area contributed by atoms with Crippen molar-refractivity contribution in [1.29, 1.82) is 0 Å². The summed E-state index contributed by atoms with van der Waals surface area (Å²) in [6, 6.07) is 14.5. The number of rotatable bonds is 5. The number of nitrogens with one attached hydrogen (secondary N) is 2. The molecule has 1 amide bonds. The van der Waals surface area contributed by atoms with E-state index in [-0.39, 0.29) is 11.8 Å². The molecular weight excluding hydrogens is 398 g/mol. The molecule has 3 aromatic rings. The van der Waals surface area contributed by atoms with Gasteiger partial charge in [0.1, 0.15) is 17.8 Å². The number of benzene rings is 2. The summed E-state index contributed by atoms with van der Waals surface area (Å²) >= 11 is 3.37. The van der Waals surface area contributed by atoms with E-state index < -0.39 is 0 Å². The number of ether oxygens (including phenoxy) is 1. The van der Waals surface area contributed by atoms with E-state index in [1.807, 2.05) is 24.3 Å². The molecule has 0 spiro atoms. The van der Waals surface area contributed by atoms with Crippen LogP contribution >= 0.6 is 15.9 Å². The summed E-state index contributed by atoms with van der Waals surface area (Å²) in [5.41, 5.74) is 7.89. The molecule has 26 heavy (non-hydrogen) atoms. The lowest BCUT2D eigenvalue weighted by molar-refractivity contribution is -0.114. The summed E-state index contributed by atoms with van der Waals surface area (Å²) in [6.45, 7) is 1.46. The van der Waals surface area contributed by atoms with Crippen LogP contribution in [0.1, 0.15) is 6.92 Å². The second kappa shape index (κ2) is 7.83. The second-order valence-corrected chi connectivity index (χ2v) is 6.30. The number of carbonyl (C=O) groups is 1. The molecule has 0 fully saturated rings. The molecule has 1 aromatic heterocycles. The van der Waals surface area contributed by atoms with Gasteiger partial charge in [0.2, 0.25) is 11.8 Å². The van der Waals surface area contributed by atoms with E-state index in [0.29, 0.717) is 22.9 Å². The quantitative estimate of drug-likeness (QED) is 0.575. The summed E-state index contributed by atoms with van der Waals surface area (Å²) in [4.78, 5) is 19.3. The number of nitrogen functional groups attached to an aromatic ring is 1. The molecular formula is C18H16BrN5O2. The van der Waals surface area contributed by atoms with Gasteiger partial charge in [0.05, 0.1) is 0 Å². The van der Waals surface area contributed by atoms with Crippen molar-refractivity contribution in [3.05, 3.63) is 59.3 Å². The molecule has 4 N–H and O–H groups in total. The summed E-state index contributed by atoms with van der Waals surface area (Å²) in [5.74, 6) is 1.18. The molecule has 3 rings (SSSR count). The number of aromatic nitrogens is 2. The van der Waals surface area contributed by atoms with Gasteiger partial charge in [-0.3, -0.25) is 4.79 Å². The lowest BCUT2D eigenvalue weighted by Crippen LogP contribution is -2.06. The van der Waals surface area contributed by atoms with Gasteiger partial charge in [0.25, 0.3) is 0 Å². The lowest BCUT2D eigenvalue weighted by atomic mass is 10.2. The SMILES string of the molecule is CC(=O)Nc1ccc(Nc2ncnc(Oc3ccc(Br)cc3)c2N)cc1. The summed E-state index contributed by atoms with van der Waals surface area (Å²) in [7, 11) is 0. The third-order valence-electron chi connectivity index (χ3n) is 3.34. The Labute approximate surface area is 158 Å². The molecule has 1 heterocycles. The maximum absolute atomic E-state index is 11.1. The van der Waals surface area contributed by atoms with Gasteiger partial charge in [-0.2, -0.15) is 4.98 Å². The molecule has 0 aliphatic carbocycles. The van der Waals surface area contributed by atoms with E-state index in [9.17, 15) is 4.79 Å². The lowest BCUT2D eigenvalue weighted by Gasteiger charge is -2.12. The fourth-order valence-electron chi connectivity index (χ4n) is 2.15. The van der Waals surface area contributed by atoms with Gasteiger partial charge in [-0.25, -0.2) is 4.98 Å². The van der Waals surface area contributed by atoms with E-state index in [2.05, 4.69) is 36.5 Å². The molecule has 2 aromatic carbocycles. The molecule has 7 nitrogen and oxygen atoms in total. The Morgan fingerprint density at radius 2 is 1.69 bits per heavy atom. The molecule has 8 heteroatoms. The smallest absolute Gasteiger partial charge is 0.248 e. The predicted octanol–water partition coefficient (Wildman–Crippen LogP) is 4.32. The van der Waals surface area contributed by atoms with Crippen molar-refractivity contribution in [2.75, 3.05) is 16.4 Å². The van der Waals surface area contributed by atoms with Crippen LogP contribution in [0, 0.1) is 0 Å². The van der Waals surface area contributed by atoms with E-state index >= 15 is 0 Å². The molecule has 132 valence electrons. The molecule has 0 atom stereocenters. The highest BCUT2D eigenvalue weighted by Crippen LogP contribution is 2.31. The first-order chi connectivity index (χ1) is 12.5. The van der Waals surface area contributed by atoms with Crippen molar-refractivity contribution in [2.45, 2.75) is 6.92 Å². The summed E-state index contributed by atoms with van der Waals surface area (Å²) in [5, 5.41) is 5.82. The first-order valence-electron chi connectivity index (χ1n) is 7.70. The Kier molecular flexibility index (Phi) is 5.33. The normalized spacial score (nSPS) is 10.2. The largest absolute Gasteiger partial charge is 0.437 e. The van der Waals surface area contributed by atoms with Gasteiger partial charge >= 0.3 is 0 Å². The molecule has 0 aliphatic heterocycles. The number of carbonyl (C=O) groups excluding carboxylic acids is 1. The fourth-order valence-corrected chi connectivity index (χ4v) is 2.42. The predicted molar refractivity (Wildman–Crippen MR) is 105 cm³/mol. The molecule has 0 saturated carbocycles. The number of halogens is 1. The van der Waals surface area contributed by atoms with Gasteiger partial charge in [-0.05, 0) is 48.5 Å². The molecule has 0 bridgehead atoms. The standard InChI is InChI=1S/C18H16BrN5O2/c1-11(25)23-13-4-6-14(7-5-13)24-17-16(20)18(22-10-21-17)26-15-8-2-12(19)3-9-15/h2-10H,20H2,1H3,(H,23,25)(H,21,22,24). The zero-order chi connectivity index (χ0) is 18.5. The highest BCUT2D eigenvalue weighted by molar-refractivity contribution is 9.10. The number of hydrogen-bond donors (Lipinski definition) is 3. The second-order valence-electron chi connectivity index (χ2n) is 5.38. The molecule has 0 aliphatic rings. The molecule has 0 saturated heterocycles. The average Bonchev–Trinajstić information content (AvgIpc) is 2.61. The van der Waals surface area contributed by atoms with Crippen LogP contribution in [0.2, 0.25) is 0 Å². The number of nitrogens with zero attached hydrogens (tertiary/aromatic N) is 2. The Bertz CT molecular complexity index is 914. The van der Waals surface area contributed by atoms with Gasteiger partial charge in [-0.1, -0.05) is 15.9 Å². The Hall–Kier alpha value is -3.13. The van der Waals surface area contributed by atoms with Crippen LogP contribution in [0.4, 0.5) is 22.9 Å². The van der Waals surface area contributed by atoms with Crippen molar-refractivity contribution < 1.29 is 9.53 Å². The van der Waals surface area contributed by atoms with Crippen LogP contribution in [0.25, 0.3) is 0 Å². The van der Waals surface area contributed by atoms with Crippen LogP contribution in [-0.4, -0.2) is 15.9 Å². The van der Waals surface area contributed by atoms with Gasteiger partial charge in [-0.15, -0.1) is 0 Å². The molecule has 0 radical (unpaired) electrons. The van der Waals surface area contributed by atoms with Crippen molar-refractivity contribution in [2.24, 2.45) is 0 Å². The molecule has 0 unspecified atom stereocenters.